The quantitative estimate of drug-likeness (QED) is 0.750. The number of fused-ring (bicyclic) bond motifs is 1. The van der Waals surface area contributed by atoms with Gasteiger partial charge in [0.1, 0.15) is 19.0 Å². The number of hydrogen-bond donors (Lipinski definition) is 0. The molecule has 17 heavy (non-hydrogen) atoms. The number of ether oxygens (including phenoxy) is 4. The molecule has 5 heteroatoms. The van der Waals surface area contributed by atoms with Crippen molar-refractivity contribution in [3.05, 3.63) is 23.5 Å². The first-order valence-electron chi connectivity index (χ1n) is 5.56. The summed E-state index contributed by atoms with van der Waals surface area (Å²) in [5, 5.41) is 0. The van der Waals surface area contributed by atoms with Gasteiger partial charge in [0.2, 0.25) is 0 Å². The molecule has 0 aromatic heterocycles. The Morgan fingerprint density at radius 1 is 1.00 bits per heavy atom. The van der Waals surface area contributed by atoms with Gasteiger partial charge in [-0.05, 0) is 13.0 Å². The molecule has 1 aromatic rings. The minimum Gasteiger partial charge on any atom is -0.486 e. The maximum Gasteiger partial charge on any atom is 0.195 e. The summed E-state index contributed by atoms with van der Waals surface area (Å²) in [7, 11) is 0. The smallest absolute Gasteiger partial charge is 0.195 e. The zero-order chi connectivity index (χ0) is 11.9. The molecular formula is C12H13FO4. The molecule has 2 heterocycles. The fourth-order valence-electron chi connectivity index (χ4n) is 2.08. The fraction of sp³-hybridized carbons (Fsp3) is 0.500. The molecule has 0 atom stereocenters. The van der Waals surface area contributed by atoms with Crippen molar-refractivity contribution in [2.45, 2.75) is 12.7 Å². The van der Waals surface area contributed by atoms with Crippen LogP contribution in [0.2, 0.25) is 0 Å². The van der Waals surface area contributed by atoms with E-state index in [1.165, 1.54) is 6.07 Å². The molecule has 2 aliphatic heterocycles. The van der Waals surface area contributed by atoms with Crippen molar-refractivity contribution in [1.29, 1.82) is 0 Å². The Morgan fingerprint density at radius 3 is 2.24 bits per heavy atom. The first-order valence-corrected chi connectivity index (χ1v) is 5.56. The molecule has 1 saturated heterocycles. The van der Waals surface area contributed by atoms with Gasteiger partial charge in [-0.1, -0.05) is 0 Å². The highest BCUT2D eigenvalue weighted by Gasteiger charge is 2.37. The summed E-state index contributed by atoms with van der Waals surface area (Å²) >= 11 is 0. The summed E-state index contributed by atoms with van der Waals surface area (Å²) in [6.07, 6.45) is 0. The summed E-state index contributed by atoms with van der Waals surface area (Å²) in [5.41, 5.74) is 0.347. The Hall–Kier alpha value is -1.33. The lowest BCUT2D eigenvalue weighted by Crippen LogP contribution is -2.25. The van der Waals surface area contributed by atoms with Crippen molar-refractivity contribution in [1.82, 2.24) is 0 Å². The fourth-order valence-corrected chi connectivity index (χ4v) is 2.08. The summed E-state index contributed by atoms with van der Waals surface area (Å²) in [4.78, 5) is 0. The molecule has 0 saturated carbocycles. The van der Waals surface area contributed by atoms with E-state index in [4.69, 9.17) is 18.9 Å². The normalized spacial score (nSPS) is 21.5. The summed E-state index contributed by atoms with van der Waals surface area (Å²) in [5.74, 6) is -0.467. The van der Waals surface area contributed by atoms with Crippen LogP contribution in [0.1, 0.15) is 12.5 Å². The average molecular weight is 240 g/mol. The van der Waals surface area contributed by atoms with Gasteiger partial charge in [-0.25, -0.2) is 4.39 Å². The molecule has 0 bridgehead atoms. The maximum atomic E-state index is 14.0. The van der Waals surface area contributed by atoms with E-state index in [0.29, 0.717) is 43.5 Å². The van der Waals surface area contributed by atoms with Crippen molar-refractivity contribution in [3.8, 4) is 11.5 Å². The second-order valence-electron chi connectivity index (χ2n) is 4.12. The van der Waals surface area contributed by atoms with Gasteiger partial charge in [-0.3, -0.25) is 0 Å². The first-order chi connectivity index (χ1) is 8.19. The molecular weight excluding hydrogens is 227 g/mol. The molecule has 0 spiro atoms. The van der Waals surface area contributed by atoms with Crippen LogP contribution >= 0.6 is 0 Å². The highest BCUT2D eigenvalue weighted by atomic mass is 19.1. The van der Waals surface area contributed by atoms with E-state index in [-0.39, 0.29) is 0 Å². The summed E-state index contributed by atoms with van der Waals surface area (Å²) < 4.78 is 35.6. The number of benzene rings is 1. The molecule has 3 rings (SSSR count). The number of hydrogen-bond acceptors (Lipinski definition) is 4. The molecule has 1 fully saturated rings. The lowest BCUT2D eigenvalue weighted by molar-refractivity contribution is -0.151. The lowest BCUT2D eigenvalue weighted by atomic mass is 10.1. The third kappa shape index (κ3) is 1.75. The van der Waals surface area contributed by atoms with E-state index in [1.54, 1.807) is 13.0 Å². The van der Waals surface area contributed by atoms with Gasteiger partial charge in [0.25, 0.3) is 0 Å². The van der Waals surface area contributed by atoms with Gasteiger partial charge in [0.05, 0.1) is 18.8 Å². The van der Waals surface area contributed by atoms with E-state index < -0.39 is 11.6 Å². The predicted octanol–water partition coefficient (Wildman–Crippen LogP) is 1.82. The van der Waals surface area contributed by atoms with Gasteiger partial charge in [-0.2, -0.15) is 0 Å². The van der Waals surface area contributed by atoms with E-state index in [9.17, 15) is 4.39 Å². The van der Waals surface area contributed by atoms with Gasteiger partial charge >= 0.3 is 0 Å². The Bertz CT molecular complexity index is 440. The SMILES string of the molecule is CC1(c2cc3c(cc2F)OCCO3)OCCO1. The van der Waals surface area contributed by atoms with Crippen molar-refractivity contribution in [2.24, 2.45) is 0 Å². The van der Waals surface area contributed by atoms with Gasteiger partial charge < -0.3 is 18.9 Å². The molecule has 0 aliphatic carbocycles. The molecule has 0 N–H and O–H groups in total. The van der Waals surface area contributed by atoms with Crippen LogP contribution < -0.4 is 9.47 Å². The van der Waals surface area contributed by atoms with Crippen LogP contribution in [0.4, 0.5) is 4.39 Å². The van der Waals surface area contributed by atoms with Crippen molar-refractivity contribution in [3.63, 3.8) is 0 Å². The second-order valence-corrected chi connectivity index (χ2v) is 4.12. The van der Waals surface area contributed by atoms with Gasteiger partial charge in [-0.15, -0.1) is 0 Å². The third-order valence-corrected chi connectivity index (χ3v) is 2.96. The minimum absolute atomic E-state index is 0.347. The standard InChI is InChI=1S/C12H13FO4/c1-12(16-4-5-17-12)8-6-10-11(7-9(8)13)15-3-2-14-10/h6-7H,2-5H2,1H3. The monoisotopic (exact) mass is 240 g/mol. The van der Waals surface area contributed by atoms with Crippen LogP contribution in [0.3, 0.4) is 0 Å². The van der Waals surface area contributed by atoms with E-state index >= 15 is 0 Å². The molecule has 0 amide bonds. The topological polar surface area (TPSA) is 36.9 Å². The second kappa shape index (κ2) is 3.85. The van der Waals surface area contributed by atoms with Crippen molar-refractivity contribution < 1.29 is 23.3 Å². The van der Waals surface area contributed by atoms with Crippen LogP contribution in [-0.2, 0) is 15.3 Å². The molecule has 0 radical (unpaired) electrons. The van der Waals surface area contributed by atoms with Gasteiger partial charge in [0.15, 0.2) is 17.3 Å². The average Bonchev–Trinajstić information content (AvgIpc) is 2.76. The Balaban J connectivity index is 2.04. The van der Waals surface area contributed by atoms with Crippen LogP contribution in [-0.4, -0.2) is 26.4 Å². The van der Waals surface area contributed by atoms with E-state index in [1.807, 2.05) is 0 Å². The van der Waals surface area contributed by atoms with E-state index in [2.05, 4.69) is 0 Å². The number of halogens is 1. The Kier molecular flexibility index (Phi) is 2.45. The molecule has 2 aliphatic rings. The highest BCUT2D eigenvalue weighted by Crippen LogP contribution is 2.39. The number of rotatable bonds is 1. The largest absolute Gasteiger partial charge is 0.486 e. The van der Waals surface area contributed by atoms with Crippen LogP contribution in [0.25, 0.3) is 0 Å². The zero-order valence-corrected chi connectivity index (χ0v) is 9.49. The first kappa shape index (κ1) is 10.8. The zero-order valence-electron chi connectivity index (χ0n) is 9.49. The molecule has 4 nitrogen and oxygen atoms in total. The lowest BCUT2D eigenvalue weighted by Gasteiger charge is -2.26. The molecule has 1 aromatic carbocycles. The Morgan fingerprint density at radius 2 is 1.59 bits per heavy atom. The molecule has 0 unspecified atom stereocenters. The van der Waals surface area contributed by atoms with E-state index in [0.717, 1.165) is 0 Å². The van der Waals surface area contributed by atoms with Crippen molar-refractivity contribution >= 4 is 0 Å². The van der Waals surface area contributed by atoms with Gasteiger partial charge in [0, 0.05) is 6.07 Å². The third-order valence-electron chi connectivity index (χ3n) is 2.96. The summed E-state index contributed by atoms with van der Waals surface area (Å²) in [6, 6.07) is 2.91. The maximum absolute atomic E-state index is 14.0. The summed E-state index contributed by atoms with van der Waals surface area (Å²) in [6.45, 7) is 3.54. The predicted molar refractivity (Wildman–Crippen MR) is 56.6 cm³/mol. The molecule has 92 valence electrons. The van der Waals surface area contributed by atoms with Crippen LogP contribution in [0.5, 0.6) is 11.5 Å². The van der Waals surface area contributed by atoms with Crippen molar-refractivity contribution in [2.75, 3.05) is 26.4 Å². The highest BCUT2D eigenvalue weighted by molar-refractivity contribution is 5.45. The minimum atomic E-state index is -1.03. The van der Waals surface area contributed by atoms with Crippen LogP contribution in [0, 0.1) is 5.82 Å². The Labute approximate surface area is 98.2 Å². The van der Waals surface area contributed by atoms with Crippen LogP contribution in [0.15, 0.2) is 12.1 Å².